The Morgan fingerprint density at radius 2 is 1.70 bits per heavy atom. The van der Waals surface area contributed by atoms with E-state index in [1.165, 1.54) is 24.3 Å². The minimum Gasteiger partial charge on any atom is -0.481 e. The molecule has 0 fully saturated rings. The van der Waals surface area contributed by atoms with Crippen LogP contribution in [0.1, 0.15) is 44.4 Å². The fraction of sp³-hybridized carbons (Fsp3) is 0.286. The van der Waals surface area contributed by atoms with Crippen LogP contribution >= 0.6 is 0 Å². The highest BCUT2D eigenvalue weighted by atomic mass is 19.4. The number of aromatic nitrogens is 2. The summed E-state index contributed by atoms with van der Waals surface area (Å²) in [7, 11) is 0. The highest BCUT2D eigenvalue weighted by molar-refractivity contribution is 5.81. The SMILES string of the molecule is CC(C)(C)C(c1ccccc1)n1c(Nc2ccc(OC(F)(F)F)cc2)nc2cc(CCC(=O)O)ccc21. The van der Waals surface area contributed by atoms with E-state index in [9.17, 15) is 18.0 Å². The zero-order valence-electron chi connectivity index (χ0n) is 20.7. The van der Waals surface area contributed by atoms with Gasteiger partial charge in [-0.25, -0.2) is 4.98 Å². The number of nitrogens with zero attached hydrogens (tertiary/aromatic N) is 2. The average Bonchev–Trinajstić information content (AvgIpc) is 3.14. The van der Waals surface area contributed by atoms with Crippen molar-refractivity contribution in [2.75, 3.05) is 5.32 Å². The summed E-state index contributed by atoms with van der Waals surface area (Å²) in [6.07, 6.45) is -4.38. The first-order valence-electron chi connectivity index (χ1n) is 11.8. The Balaban J connectivity index is 1.81. The minimum absolute atomic E-state index is 0.0122. The topological polar surface area (TPSA) is 76.4 Å². The van der Waals surface area contributed by atoms with Gasteiger partial charge in [0.15, 0.2) is 0 Å². The van der Waals surface area contributed by atoms with Crippen LogP contribution in [0.15, 0.2) is 72.8 Å². The minimum atomic E-state index is -4.77. The number of carbonyl (C=O) groups is 1. The summed E-state index contributed by atoms with van der Waals surface area (Å²) in [5, 5.41) is 12.3. The van der Waals surface area contributed by atoms with Crippen molar-refractivity contribution in [1.82, 2.24) is 9.55 Å². The number of fused-ring (bicyclic) bond motifs is 1. The third kappa shape index (κ3) is 6.41. The van der Waals surface area contributed by atoms with E-state index < -0.39 is 12.3 Å². The van der Waals surface area contributed by atoms with Crippen molar-refractivity contribution in [3.63, 3.8) is 0 Å². The van der Waals surface area contributed by atoms with E-state index in [1.54, 1.807) is 0 Å². The van der Waals surface area contributed by atoms with Crippen molar-refractivity contribution in [2.45, 2.75) is 46.0 Å². The van der Waals surface area contributed by atoms with Gasteiger partial charge in [-0.2, -0.15) is 0 Å². The number of benzene rings is 3. The average molecular weight is 512 g/mol. The van der Waals surface area contributed by atoms with Gasteiger partial charge in [0.05, 0.1) is 17.1 Å². The Bertz CT molecular complexity index is 1380. The van der Waals surface area contributed by atoms with Gasteiger partial charge in [-0.1, -0.05) is 57.2 Å². The normalized spacial score (nSPS) is 12.9. The van der Waals surface area contributed by atoms with Gasteiger partial charge in [0.2, 0.25) is 5.95 Å². The predicted molar refractivity (Wildman–Crippen MR) is 136 cm³/mol. The number of halogens is 3. The number of imidazole rings is 1. The second-order valence-electron chi connectivity index (χ2n) is 9.90. The van der Waals surface area contributed by atoms with Gasteiger partial charge in [0.25, 0.3) is 0 Å². The molecule has 9 heteroatoms. The molecule has 1 heterocycles. The zero-order valence-corrected chi connectivity index (χ0v) is 20.7. The smallest absolute Gasteiger partial charge is 0.481 e. The number of hydrogen-bond donors (Lipinski definition) is 2. The van der Waals surface area contributed by atoms with E-state index in [2.05, 4.69) is 47.5 Å². The van der Waals surface area contributed by atoms with Gasteiger partial charge < -0.3 is 19.7 Å². The summed E-state index contributed by atoms with van der Waals surface area (Å²) in [4.78, 5) is 15.9. The molecule has 0 spiro atoms. The summed E-state index contributed by atoms with van der Waals surface area (Å²) in [6.45, 7) is 6.39. The number of ether oxygens (including phenoxy) is 1. The number of alkyl halides is 3. The number of nitrogens with one attached hydrogen (secondary N) is 1. The number of aliphatic carboxylic acids is 1. The molecule has 0 saturated heterocycles. The lowest BCUT2D eigenvalue weighted by atomic mass is 9.82. The maximum Gasteiger partial charge on any atom is 0.573 e. The van der Waals surface area contributed by atoms with E-state index in [1.807, 2.05) is 36.4 Å². The Morgan fingerprint density at radius 3 is 2.30 bits per heavy atom. The van der Waals surface area contributed by atoms with Crippen molar-refractivity contribution in [2.24, 2.45) is 5.41 Å². The van der Waals surface area contributed by atoms with Crippen LogP contribution in [0.5, 0.6) is 5.75 Å². The fourth-order valence-corrected chi connectivity index (χ4v) is 4.44. The van der Waals surface area contributed by atoms with Gasteiger partial charge >= 0.3 is 12.3 Å². The van der Waals surface area contributed by atoms with Crippen LogP contribution in [0, 0.1) is 5.41 Å². The summed E-state index contributed by atoms with van der Waals surface area (Å²) >= 11 is 0. The van der Waals surface area contributed by atoms with Gasteiger partial charge in [-0.15, -0.1) is 13.2 Å². The van der Waals surface area contributed by atoms with Crippen LogP contribution in [0.2, 0.25) is 0 Å². The first-order valence-corrected chi connectivity index (χ1v) is 11.8. The maximum absolute atomic E-state index is 12.6. The standard InChI is InChI=1S/C28H28F3N3O3/c1-27(2,3)25(19-7-5-4-6-8-19)34-23-15-9-18(10-16-24(35)36)17-22(23)33-26(34)32-20-11-13-21(14-12-20)37-28(29,30)31/h4-9,11-15,17,25H,10,16H2,1-3H3,(H,32,33)(H,35,36). The number of aryl methyl sites for hydroxylation is 1. The first kappa shape index (κ1) is 26.1. The van der Waals surface area contributed by atoms with E-state index in [4.69, 9.17) is 10.1 Å². The summed E-state index contributed by atoms with van der Waals surface area (Å²) < 4.78 is 43.8. The molecule has 2 N–H and O–H groups in total. The molecular formula is C28H28F3N3O3. The highest BCUT2D eigenvalue weighted by Gasteiger charge is 2.32. The summed E-state index contributed by atoms with van der Waals surface area (Å²) in [5.41, 5.74) is 3.76. The first-order chi connectivity index (χ1) is 17.4. The molecule has 194 valence electrons. The third-order valence-corrected chi connectivity index (χ3v) is 5.92. The number of hydrogen-bond acceptors (Lipinski definition) is 4. The molecule has 1 aromatic heterocycles. The van der Waals surface area contributed by atoms with Gasteiger partial charge in [-0.3, -0.25) is 4.79 Å². The molecule has 0 aliphatic rings. The van der Waals surface area contributed by atoms with Crippen LogP contribution in [-0.4, -0.2) is 27.0 Å². The second-order valence-corrected chi connectivity index (χ2v) is 9.90. The van der Waals surface area contributed by atoms with Crippen LogP contribution in [0.25, 0.3) is 11.0 Å². The number of rotatable bonds is 8. The molecule has 4 aromatic rings. The van der Waals surface area contributed by atoms with Gasteiger partial charge in [-0.05, 0) is 59.4 Å². The number of carboxylic acids is 1. The maximum atomic E-state index is 12.6. The zero-order chi connectivity index (χ0) is 26.8. The van der Waals surface area contributed by atoms with Crippen molar-refractivity contribution < 1.29 is 27.8 Å². The third-order valence-electron chi connectivity index (χ3n) is 5.92. The monoisotopic (exact) mass is 511 g/mol. The molecule has 0 radical (unpaired) electrons. The Morgan fingerprint density at radius 1 is 1.03 bits per heavy atom. The molecule has 3 aromatic carbocycles. The molecule has 1 atom stereocenters. The van der Waals surface area contributed by atoms with Crippen LogP contribution in [0.3, 0.4) is 0 Å². The molecular weight excluding hydrogens is 483 g/mol. The van der Waals surface area contributed by atoms with Crippen LogP contribution in [0.4, 0.5) is 24.8 Å². The van der Waals surface area contributed by atoms with E-state index in [0.717, 1.165) is 16.6 Å². The fourth-order valence-electron chi connectivity index (χ4n) is 4.44. The van der Waals surface area contributed by atoms with Gasteiger partial charge in [0, 0.05) is 12.1 Å². The molecule has 0 saturated carbocycles. The van der Waals surface area contributed by atoms with E-state index >= 15 is 0 Å². The lowest BCUT2D eigenvalue weighted by molar-refractivity contribution is -0.274. The van der Waals surface area contributed by atoms with Crippen molar-refractivity contribution >= 4 is 28.6 Å². The molecule has 0 bridgehead atoms. The summed E-state index contributed by atoms with van der Waals surface area (Å²) in [6, 6.07) is 21.1. The lowest BCUT2D eigenvalue weighted by Crippen LogP contribution is -2.26. The molecule has 1 unspecified atom stereocenters. The Labute approximate surface area is 212 Å². The lowest BCUT2D eigenvalue weighted by Gasteiger charge is -2.34. The van der Waals surface area contributed by atoms with Crippen molar-refractivity contribution in [3.05, 3.63) is 83.9 Å². The van der Waals surface area contributed by atoms with Crippen molar-refractivity contribution in [1.29, 1.82) is 0 Å². The molecule has 4 rings (SSSR count). The largest absolute Gasteiger partial charge is 0.573 e. The molecule has 37 heavy (non-hydrogen) atoms. The van der Waals surface area contributed by atoms with E-state index in [-0.39, 0.29) is 23.6 Å². The molecule has 6 nitrogen and oxygen atoms in total. The van der Waals surface area contributed by atoms with Crippen LogP contribution in [-0.2, 0) is 11.2 Å². The Kier molecular flexibility index (Phi) is 7.16. The number of carboxylic acid groups (broad SMARTS) is 1. The quantitative estimate of drug-likeness (QED) is 0.259. The highest BCUT2D eigenvalue weighted by Crippen LogP contribution is 2.41. The van der Waals surface area contributed by atoms with Gasteiger partial charge in [0.1, 0.15) is 5.75 Å². The number of anilines is 2. The van der Waals surface area contributed by atoms with Crippen LogP contribution < -0.4 is 10.1 Å². The second kappa shape index (κ2) is 10.2. The van der Waals surface area contributed by atoms with Crippen molar-refractivity contribution in [3.8, 4) is 5.75 Å². The molecule has 0 amide bonds. The van der Waals surface area contributed by atoms with E-state index in [0.29, 0.717) is 23.6 Å². The summed E-state index contributed by atoms with van der Waals surface area (Å²) in [5.74, 6) is -0.673. The molecule has 0 aliphatic carbocycles. The molecule has 0 aliphatic heterocycles. The predicted octanol–water partition coefficient (Wildman–Crippen LogP) is 7.33. The Hall–Kier alpha value is -4.01.